The molecular formula is C13H17NO. The Kier molecular flexibility index (Phi) is 3.74. The molecule has 1 aromatic carbocycles. The molecule has 0 aliphatic heterocycles. The van der Waals surface area contributed by atoms with Crippen molar-refractivity contribution in [3.63, 3.8) is 0 Å². The second-order valence-corrected chi connectivity index (χ2v) is 4.18. The van der Waals surface area contributed by atoms with Crippen LogP contribution in [0.25, 0.3) is 0 Å². The van der Waals surface area contributed by atoms with Gasteiger partial charge in [0, 0.05) is 0 Å². The number of rotatable bonds is 3. The fourth-order valence-electron chi connectivity index (χ4n) is 1.17. The SMILES string of the molecule is Cc1ccc(OC(C)C(C)C)c(C#N)c1. The van der Waals surface area contributed by atoms with Gasteiger partial charge < -0.3 is 4.74 Å². The summed E-state index contributed by atoms with van der Waals surface area (Å²) in [4.78, 5) is 0. The third-order valence-electron chi connectivity index (χ3n) is 2.51. The first kappa shape index (κ1) is 11.6. The maximum Gasteiger partial charge on any atom is 0.137 e. The second kappa shape index (κ2) is 4.84. The van der Waals surface area contributed by atoms with E-state index in [4.69, 9.17) is 10.00 Å². The van der Waals surface area contributed by atoms with Gasteiger partial charge in [-0.25, -0.2) is 0 Å². The van der Waals surface area contributed by atoms with E-state index in [1.807, 2.05) is 32.0 Å². The number of hydrogen-bond acceptors (Lipinski definition) is 2. The molecular weight excluding hydrogens is 186 g/mol. The average Bonchev–Trinajstić information content (AvgIpc) is 2.20. The Morgan fingerprint density at radius 1 is 1.27 bits per heavy atom. The van der Waals surface area contributed by atoms with Crippen molar-refractivity contribution in [2.24, 2.45) is 5.92 Å². The third kappa shape index (κ3) is 2.99. The minimum Gasteiger partial charge on any atom is -0.489 e. The molecule has 2 heteroatoms. The zero-order chi connectivity index (χ0) is 11.4. The van der Waals surface area contributed by atoms with Crippen LogP contribution in [0.3, 0.4) is 0 Å². The fourth-order valence-corrected chi connectivity index (χ4v) is 1.17. The topological polar surface area (TPSA) is 33.0 Å². The maximum atomic E-state index is 8.96. The van der Waals surface area contributed by atoms with Crippen molar-refractivity contribution in [2.45, 2.75) is 33.8 Å². The molecule has 1 unspecified atom stereocenters. The predicted octanol–water partition coefficient (Wildman–Crippen LogP) is 3.29. The average molecular weight is 203 g/mol. The van der Waals surface area contributed by atoms with Crippen LogP contribution in [0.15, 0.2) is 18.2 Å². The first-order chi connectivity index (χ1) is 7.04. The number of benzene rings is 1. The molecule has 15 heavy (non-hydrogen) atoms. The number of aryl methyl sites for hydroxylation is 1. The number of nitriles is 1. The molecule has 1 atom stereocenters. The molecule has 0 radical (unpaired) electrons. The van der Waals surface area contributed by atoms with Gasteiger partial charge in [0.05, 0.1) is 11.7 Å². The molecule has 0 bridgehead atoms. The van der Waals surface area contributed by atoms with Crippen LogP contribution in [-0.4, -0.2) is 6.10 Å². The van der Waals surface area contributed by atoms with E-state index in [0.29, 0.717) is 17.2 Å². The van der Waals surface area contributed by atoms with Crippen LogP contribution in [0, 0.1) is 24.2 Å². The largest absolute Gasteiger partial charge is 0.489 e. The van der Waals surface area contributed by atoms with Gasteiger partial charge >= 0.3 is 0 Å². The van der Waals surface area contributed by atoms with E-state index < -0.39 is 0 Å². The van der Waals surface area contributed by atoms with Gasteiger partial charge in [0.2, 0.25) is 0 Å². The van der Waals surface area contributed by atoms with Gasteiger partial charge in [-0.05, 0) is 37.5 Å². The summed E-state index contributed by atoms with van der Waals surface area (Å²) in [6, 6.07) is 7.83. The Balaban J connectivity index is 2.91. The lowest BCUT2D eigenvalue weighted by molar-refractivity contribution is 0.170. The lowest BCUT2D eigenvalue weighted by atomic mass is 10.1. The van der Waals surface area contributed by atoms with Crippen molar-refractivity contribution in [2.75, 3.05) is 0 Å². The standard InChI is InChI=1S/C13H17NO/c1-9(2)11(4)15-13-6-5-10(3)7-12(13)8-14/h5-7,9,11H,1-4H3. The first-order valence-electron chi connectivity index (χ1n) is 5.22. The van der Waals surface area contributed by atoms with E-state index in [9.17, 15) is 0 Å². The van der Waals surface area contributed by atoms with Crippen LogP contribution in [0.2, 0.25) is 0 Å². The fraction of sp³-hybridized carbons (Fsp3) is 0.462. The quantitative estimate of drug-likeness (QED) is 0.755. The van der Waals surface area contributed by atoms with E-state index >= 15 is 0 Å². The molecule has 0 fully saturated rings. The van der Waals surface area contributed by atoms with Gasteiger partial charge in [-0.2, -0.15) is 5.26 Å². The molecule has 1 aromatic rings. The molecule has 0 aliphatic carbocycles. The van der Waals surface area contributed by atoms with Gasteiger partial charge in [-0.3, -0.25) is 0 Å². The highest BCUT2D eigenvalue weighted by Crippen LogP contribution is 2.21. The van der Waals surface area contributed by atoms with Crippen LogP contribution in [-0.2, 0) is 0 Å². The van der Waals surface area contributed by atoms with Gasteiger partial charge in [0.25, 0.3) is 0 Å². The lowest BCUT2D eigenvalue weighted by Crippen LogP contribution is -2.19. The van der Waals surface area contributed by atoms with Gasteiger partial charge in [-0.15, -0.1) is 0 Å². The summed E-state index contributed by atoms with van der Waals surface area (Å²) in [5.41, 5.74) is 1.69. The smallest absolute Gasteiger partial charge is 0.137 e. The second-order valence-electron chi connectivity index (χ2n) is 4.18. The minimum atomic E-state index is 0.125. The van der Waals surface area contributed by atoms with Crippen LogP contribution < -0.4 is 4.74 Å². The molecule has 80 valence electrons. The summed E-state index contributed by atoms with van der Waals surface area (Å²) in [7, 11) is 0. The third-order valence-corrected chi connectivity index (χ3v) is 2.51. The molecule has 0 saturated heterocycles. The summed E-state index contributed by atoms with van der Waals surface area (Å²) in [5.74, 6) is 1.13. The summed E-state index contributed by atoms with van der Waals surface area (Å²) in [6.07, 6.45) is 0.125. The van der Waals surface area contributed by atoms with Crippen molar-refractivity contribution in [1.29, 1.82) is 5.26 Å². The summed E-state index contributed by atoms with van der Waals surface area (Å²) >= 11 is 0. The summed E-state index contributed by atoms with van der Waals surface area (Å²) < 4.78 is 5.73. The number of hydrogen-bond donors (Lipinski definition) is 0. The monoisotopic (exact) mass is 203 g/mol. The number of ether oxygens (including phenoxy) is 1. The molecule has 0 spiro atoms. The zero-order valence-electron chi connectivity index (χ0n) is 9.74. The molecule has 1 rings (SSSR count). The molecule has 2 nitrogen and oxygen atoms in total. The van der Waals surface area contributed by atoms with Crippen LogP contribution in [0.5, 0.6) is 5.75 Å². The van der Waals surface area contributed by atoms with Crippen LogP contribution in [0.4, 0.5) is 0 Å². The van der Waals surface area contributed by atoms with E-state index in [1.165, 1.54) is 0 Å². The van der Waals surface area contributed by atoms with Gasteiger partial charge in [0.15, 0.2) is 0 Å². The summed E-state index contributed by atoms with van der Waals surface area (Å²) in [6.45, 7) is 8.19. The normalized spacial score (nSPS) is 12.3. The first-order valence-corrected chi connectivity index (χ1v) is 5.22. The van der Waals surface area contributed by atoms with E-state index in [-0.39, 0.29) is 6.10 Å². The van der Waals surface area contributed by atoms with Crippen molar-refractivity contribution in [3.05, 3.63) is 29.3 Å². The molecule has 0 N–H and O–H groups in total. The molecule has 0 heterocycles. The highest BCUT2D eigenvalue weighted by atomic mass is 16.5. The van der Waals surface area contributed by atoms with Crippen LogP contribution in [0.1, 0.15) is 31.9 Å². The summed E-state index contributed by atoms with van der Waals surface area (Å²) in [5, 5.41) is 8.96. The Hall–Kier alpha value is -1.49. The van der Waals surface area contributed by atoms with E-state index in [0.717, 1.165) is 5.56 Å². The molecule has 0 aromatic heterocycles. The molecule has 0 aliphatic rings. The highest BCUT2D eigenvalue weighted by Gasteiger charge is 2.11. The van der Waals surface area contributed by atoms with Crippen molar-refractivity contribution in [3.8, 4) is 11.8 Å². The van der Waals surface area contributed by atoms with E-state index in [2.05, 4.69) is 19.9 Å². The number of nitrogens with zero attached hydrogens (tertiary/aromatic N) is 1. The Bertz CT molecular complexity index is 377. The Morgan fingerprint density at radius 3 is 2.47 bits per heavy atom. The lowest BCUT2D eigenvalue weighted by Gasteiger charge is -2.18. The van der Waals surface area contributed by atoms with Crippen molar-refractivity contribution in [1.82, 2.24) is 0 Å². The Labute approximate surface area is 91.5 Å². The predicted molar refractivity (Wildman–Crippen MR) is 60.8 cm³/mol. The van der Waals surface area contributed by atoms with Crippen molar-refractivity contribution >= 4 is 0 Å². The van der Waals surface area contributed by atoms with Gasteiger partial charge in [0.1, 0.15) is 11.8 Å². The minimum absolute atomic E-state index is 0.125. The van der Waals surface area contributed by atoms with Crippen LogP contribution >= 0.6 is 0 Å². The maximum absolute atomic E-state index is 8.96. The molecule has 0 saturated carbocycles. The highest BCUT2D eigenvalue weighted by molar-refractivity contribution is 5.45. The van der Waals surface area contributed by atoms with Crippen molar-refractivity contribution < 1.29 is 4.74 Å². The van der Waals surface area contributed by atoms with Gasteiger partial charge in [-0.1, -0.05) is 19.9 Å². The Morgan fingerprint density at radius 2 is 1.93 bits per heavy atom. The van der Waals surface area contributed by atoms with E-state index in [1.54, 1.807) is 0 Å². The molecule has 0 amide bonds. The zero-order valence-corrected chi connectivity index (χ0v) is 9.74.